The first-order valence-corrected chi connectivity index (χ1v) is 9.31. The number of nitrogens with one attached hydrogen (secondary N) is 1. The zero-order chi connectivity index (χ0) is 20.4. The minimum absolute atomic E-state index is 0.00564. The molecule has 1 aromatic heterocycles. The molecule has 1 amide bonds. The van der Waals surface area contributed by atoms with Crippen LogP contribution in [0.2, 0.25) is 0 Å². The number of benzene rings is 1. The van der Waals surface area contributed by atoms with Gasteiger partial charge in [-0.3, -0.25) is 4.79 Å². The second-order valence-corrected chi connectivity index (χ2v) is 7.17. The number of tetrazole rings is 1. The normalized spacial score (nSPS) is 25.6. The van der Waals surface area contributed by atoms with Gasteiger partial charge in [0.15, 0.2) is 0 Å². The summed E-state index contributed by atoms with van der Waals surface area (Å²) in [5, 5.41) is 14.7. The van der Waals surface area contributed by atoms with Crippen LogP contribution in [0.1, 0.15) is 6.04 Å². The Balaban J connectivity index is 1.47. The summed E-state index contributed by atoms with van der Waals surface area (Å²) >= 11 is 0. The van der Waals surface area contributed by atoms with Crippen LogP contribution in [0, 0.1) is 0 Å². The average molecular weight is 404 g/mol. The number of aromatic nitrogens is 4. The molecule has 29 heavy (non-hydrogen) atoms. The SMILES string of the molecule is COCC(=O)N[C@H]1CO[C@H]2[C@H]1OC[C@H]2n1nnnc1Oc1cccc(N(C)C)c1. The molecule has 0 saturated carbocycles. The maximum Gasteiger partial charge on any atom is 0.341 e. The summed E-state index contributed by atoms with van der Waals surface area (Å²) in [6.45, 7) is 0.698. The Kier molecular flexibility index (Phi) is 5.60. The van der Waals surface area contributed by atoms with Crippen molar-refractivity contribution in [3.8, 4) is 11.8 Å². The van der Waals surface area contributed by atoms with Gasteiger partial charge < -0.3 is 29.2 Å². The van der Waals surface area contributed by atoms with E-state index in [1.54, 1.807) is 4.68 Å². The molecule has 2 aromatic rings. The molecule has 0 radical (unpaired) electrons. The van der Waals surface area contributed by atoms with Crippen molar-refractivity contribution < 1.29 is 23.7 Å². The predicted octanol–water partition coefficient (Wildman–Crippen LogP) is 0.00130. The fraction of sp³-hybridized carbons (Fsp3) is 0.556. The van der Waals surface area contributed by atoms with Crippen molar-refractivity contribution in [2.45, 2.75) is 24.3 Å². The molecule has 2 fully saturated rings. The lowest BCUT2D eigenvalue weighted by Gasteiger charge is -2.18. The monoisotopic (exact) mass is 404 g/mol. The van der Waals surface area contributed by atoms with Crippen LogP contribution in [0.5, 0.6) is 11.8 Å². The fourth-order valence-electron chi connectivity index (χ4n) is 3.58. The van der Waals surface area contributed by atoms with Crippen LogP contribution < -0.4 is 15.0 Å². The molecule has 4 rings (SSSR count). The van der Waals surface area contributed by atoms with Crippen molar-refractivity contribution >= 4 is 11.6 Å². The third-order valence-corrected chi connectivity index (χ3v) is 4.97. The number of methoxy groups -OCH3 is 1. The maximum absolute atomic E-state index is 11.8. The van der Waals surface area contributed by atoms with Crippen LogP contribution in [0.15, 0.2) is 24.3 Å². The van der Waals surface area contributed by atoms with Gasteiger partial charge in [0.05, 0.1) is 19.3 Å². The van der Waals surface area contributed by atoms with Crippen molar-refractivity contribution in [2.24, 2.45) is 0 Å². The first kappa shape index (κ1) is 19.6. The second-order valence-electron chi connectivity index (χ2n) is 7.17. The van der Waals surface area contributed by atoms with Crippen molar-refractivity contribution in [3.63, 3.8) is 0 Å². The summed E-state index contributed by atoms with van der Waals surface area (Å²) in [5.74, 6) is 0.417. The molecule has 0 unspecified atom stereocenters. The number of hydrogen-bond donors (Lipinski definition) is 1. The smallest absolute Gasteiger partial charge is 0.341 e. The van der Waals surface area contributed by atoms with Crippen molar-refractivity contribution in [1.82, 2.24) is 25.5 Å². The predicted molar refractivity (Wildman–Crippen MR) is 101 cm³/mol. The van der Waals surface area contributed by atoms with E-state index in [0.717, 1.165) is 5.69 Å². The first-order chi connectivity index (χ1) is 14.1. The number of anilines is 1. The van der Waals surface area contributed by atoms with Crippen molar-refractivity contribution in [2.75, 3.05) is 45.9 Å². The zero-order valence-corrected chi connectivity index (χ0v) is 16.5. The van der Waals surface area contributed by atoms with Gasteiger partial charge >= 0.3 is 6.01 Å². The molecule has 11 nitrogen and oxygen atoms in total. The van der Waals surface area contributed by atoms with Crippen LogP contribution in [-0.4, -0.2) is 85.4 Å². The van der Waals surface area contributed by atoms with Gasteiger partial charge in [-0.25, -0.2) is 0 Å². The average Bonchev–Trinajstić information content (AvgIpc) is 3.40. The third-order valence-electron chi connectivity index (χ3n) is 4.97. The molecule has 0 aliphatic carbocycles. The fourth-order valence-corrected chi connectivity index (χ4v) is 3.58. The number of amides is 1. The van der Waals surface area contributed by atoms with E-state index in [9.17, 15) is 4.79 Å². The van der Waals surface area contributed by atoms with Crippen molar-refractivity contribution in [3.05, 3.63) is 24.3 Å². The molecule has 156 valence electrons. The molecule has 2 saturated heterocycles. The minimum atomic E-state index is -0.290. The lowest BCUT2D eigenvalue weighted by molar-refractivity contribution is -0.126. The molecule has 4 atom stereocenters. The Labute approximate surface area is 167 Å². The summed E-state index contributed by atoms with van der Waals surface area (Å²) < 4.78 is 24.2. The number of nitrogens with zero attached hydrogens (tertiary/aromatic N) is 5. The van der Waals surface area contributed by atoms with Gasteiger partial charge in [-0.05, 0) is 22.6 Å². The van der Waals surface area contributed by atoms with E-state index in [1.165, 1.54) is 7.11 Å². The zero-order valence-electron chi connectivity index (χ0n) is 16.5. The van der Waals surface area contributed by atoms with Crippen molar-refractivity contribution in [1.29, 1.82) is 0 Å². The van der Waals surface area contributed by atoms with Crippen LogP contribution in [0.25, 0.3) is 0 Å². The highest BCUT2D eigenvalue weighted by molar-refractivity contribution is 5.77. The van der Waals surface area contributed by atoms with E-state index < -0.39 is 0 Å². The molecule has 0 spiro atoms. The van der Waals surface area contributed by atoms with Crippen LogP contribution >= 0.6 is 0 Å². The largest absolute Gasteiger partial charge is 0.423 e. The Morgan fingerprint density at radius 3 is 2.93 bits per heavy atom. The molecular formula is C18H24N6O5. The third kappa shape index (κ3) is 4.02. The molecule has 2 aliphatic rings. The second kappa shape index (κ2) is 8.31. The molecule has 0 bridgehead atoms. The highest BCUT2D eigenvalue weighted by Gasteiger charge is 2.50. The Hall–Kier alpha value is -2.76. The number of hydrogen-bond acceptors (Lipinski definition) is 9. The maximum atomic E-state index is 11.8. The Morgan fingerprint density at radius 2 is 2.14 bits per heavy atom. The van der Waals surface area contributed by atoms with Crippen LogP contribution in [0.4, 0.5) is 5.69 Å². The van der Waals surface area contributed by atoms with E-state index in [-0.39, 0.29) is 42.8 Å². The molecule has 11 heteroatoms. The lowest BCUT2D eigenvalue weighted by atomic mass is 10.1. The topological polar surface area (TPSA) is 113 Å². The van der Waals surface area contributed by atoms with E-state index in [2.05, 4.69) is 20.8 Å². The molecular weight excluding hydrogens is 380 g/mol. The van der Waals surface area contributed by atoms with Crippen LogP contribution in [0.3, 0.4) is 0 Å². The molecule has 1 aromatic carbocycles. The molecule has 3 heterocycles. The van der Waals surface area contributed by atoms with Gasteiger partial charge in [-0.2, -0.15) is 4.68 Å². The minimum Gasteiger partial charge on any atom is -0.423 e. The highest BCUT2D eigenvalue weighted by atomic mass is 16.6. The summed E-state index contributed by atoms with van der Waals surface area (Å²) in [6.07, 6.45) is -0.572. The number of rotatable bonds is 7. The number of carbonyl (C=O) groups is 1. The quantitative estimate of drug-likeness (QED) is 0.681. The van der Waals surface area contributed by atoms with E-state index in [0.29, 0.717) is 19.0 Å². The standard InChI is InChI=1S/C18H24N6O5/c1-23(2)11-5-4-6-12(7-11)29-18-20-21-22-24(18)14-9-28-16-13(8-27-17(14)16)19-15(25)10-26-3/h4-7,13-14,16-17H,8-10H2,1-3H3,(H,19,25)/t13-,14+,16-,17+/m0/s1. The Bertz CT molecular complexity index is 859. The number of carbonyl (C=O) groups excluding carboxylic acids is 1. The van der Waals surface area contributed by atoms with E-state index >= 15 is 0 Å². The summed E-state index contributed by atoms with van der Waals surface area (Å²) in [5.41, 5.74) is 1.000. The van der Waals surface area contributed by atoms with E-state index in [4.69, 9.17) is 18.9 Å². The Morgan fingerprint density at radius 1 is 1.31 bits per heavy atom. The molecule has 2 aliphatic heterocycles. The number of fused-ring (bicyclic) bond motifs is 1. The van der Waals surface area contributed by atoms with Gasteiger partial charge in [0.25, 0.3) is 0 Å². The first-order valence-electron chi connectivity index (χ1n) is 9.31. The highest BCUT2D eigenvalue weighted by Crippen LogP contribution is 2.36. The van der Waals surface area contributed by atoms with E-state index in [1.807, 2.05) is 43.3 Å². The lowest BCUT2D eigenvalue weighted by Crippen LogP contribution is -2.45. The van der Waals surface area contributed by atoms with Gasteiger partial charge in [0, 0.05) is 33.0 Å². The summed E-state index contributed by atoms with van der Waals surface area (Å²) in [6, 6.07) is 7.38. The van der Waals surface area contributed by atoms with Gasteiger partial charge in [0.1, 0.15) is 30.6 Å². The molecule has 1 N–H and O–H groups in total. The van der Waals surface area contributed by atoms with Gasteiger partial charge in [0.2, 0.25) is 5.91 Å². The van der Waals surface area contributed by atoms with Crippen LogP contribution in [-0.2, 0) is 19.0 Å². The van der Waals surface area contributed by atoms with Gasteiger partial charge in [-0.1, -0.05) is 11.2 Å². The number of ether oxygens (including phenoxy) is 4. The summed E-state index contributed by atoms with van der Waals surface area (Å²) in [4.78, 5) is 13.8. The summed E-state index contributed by atoms with van der Waals surface area (Å²) in [7, 11) is 5.39. The van der Waals surface area contributed by atoms with Gasteiger partial charge in [-0.15, -0.1) is 0 Å².